The smallest absolute Gasteiger partial charge is 0.305 e. The summed E-state index contributed by atoms with van der Waals surface area (Å²) in [5.74, 6) is 0.450. The van der Waals surface area contributed by atoms with Gasteiger partial charge < -0.3 is 9.47 Å². The molecule has 0 aliphatic heterocycles. The van der Waals surface area contributed by atoms with Gasteiger partial charge in [0.1, 0.15) is 12.0 Å². The molecular formula is C14H14Cl3NO3S. The standard InChI is InChI=1S/C14H14Cl3NO3S/c1-3-13(20-4-2)18-14(19)12(7-22-18)21-11-6-9(16)8(15)5-10(11)17/h5-7,13H,3-4H2,1-2H3. The molecule has 1 heterocycles. The fourth-order valence-electron chi connectivity index (χ4n) is 1.82. The molecule has 1 unspecified atom stereocenters. The first kappa shape index (κ1) is 17.6. The Morgan fingerprint density at radius 1 is 1.14 bits per heavy atom. The molecule has 1 aromatic heterocycles. The summed E-state index contributed by atoms with van der Waals surface area (Å²) in [5, 5.41) is 2.52. The second kappa shape index (κ2) is 7.70. The van der Waals surface area contributed by atoms with Crippen molar-refractivity contribution in [3.8, 4) is 11.5 Å². The third-order valence-corrected chi connectivity index (χ3v) is 4.81. The zero-order valence-corrected chi connectivity index (χ0v) is 15.0. The summed E-state index contributed by atoms with van der Waals surface area (Å²) in [5.41, 5.74) is -0.271. The molecule has 0 aliphatic rings. The monoisotopic (exact) mass is 381 g/mol. The first-order valence-electron chi connectivity index (χ1n) is 6.62. The fraction of sp³-hybridized carbons (Fsp3) is 0.357. The van der Waals surface area contributed by atoms with Crippen molar-refractivity contribution in [2.75, 3.05) is 6.61 Å². The van der Waals surface area contributed by atoms with Gasteiger partial charge in [-0.2, -0.15) is 0 Å². The highest BCUT2D eigenvalue weighted by molar-refractivity contribution is 7.04. The van der Waals surface area contributed by atoms with E-state index in [4.69, 9.17) is 44.3 Å². The van der Waals surface area contributed by atoms with Crippen molar-refractivity contribution in [3.63, 3.8) is 0 Å². The van der Waals surface area contributed by atoms with Gasteiger partial charge in [0, 0.05) is 12.7 Å². The van der Waals surface area contributed by atoms with Crippen LogP contribution in [0.15, 0.2) is 22.3 Å². The lowest BCUT2D eigenvalue weighted by molar-refractivity contribution is 0.0130. The van der Waals surface area contributed by atoms with E-state index in [1.807, 2.05) is 13.8 Å². The summed E-state index contributed by atoms with van der Waals surface area (Å²) in [7, 11) is 0. The number of hydrogen-bond donors (Lipinski definition) is 0. The van der Waals surface area contributed by atoms with Gasteiger partial charge in [-0.3, -0.25) is 4.79 Å². The van der Waals surface area contributed by atoms with E-state index in [2.05, 4.69) is 0 Å². The number of rotatable bonds is 6. The van der Waals surface area contributed by atoms with Gasteiger partial charge in [-0.1, -0.05) is 53.3 Å². The molecule has 0 spiro atoms. The lowest BCUT2D eigenvalue weighted by atomic mass is 10.3. The molecule has 0 bridgehead atoms. The Balaban J connectivity index is 2.30. The highest BCUT2D eigenvalue weighted by atomic mass is 35.5. The maximum atomic E-state index is 12.4. The second-order valence-electron chi connectivity index (χ2n) is 4.34. The van der Waals surface area contributed by atoms with Crippen LogP contribution in [0.25, 0.3) is 0 Å². The molecule has 4 nitrogen and oxygen atoms in total. The molecule has 0 aliphatic carbocycles. The van der Waals surface area contributed by atoms with Crippen LogP contribution in [0.4, 0.5) is 0 Å². The van der Waals surface area contributed by atoms with Crippen LogP contribution in [-0.2, 0) is 4.74 Å². The Morgan fingerprint density at radius 3 is 2.45 bits per heavy atom. The van der Waals surface area contributed by atoms with Crippen LogP contribution in [0.2, 0.25) is 15.1 Å². The molecule has 8 heteroatoms. The predicted molar refractivity (Wildman–Crippen MR) is 91.1 cm³/mol. The summed E-state index contributed by atoms with van der Waals surface area (Å²) in [4.78, 5) is 12.4. The van der Waals surface area contributed by atoms with Crippen molar-refractivity contribution in [3.05, 3.63) is 42.9 Å². The molecule has 0 N–H and O–H groups in total. The van der Waals surface area contributed by atoms with Crippen LogP contribution >= 0.6 is 46.3 Å². The third kappa shape index (κ3) is 3.78. The second-order valence-corrected chi connectivity index (χ2v) is 6.40. The van der Waals surface area contributed by atoms with Gasteiger partial charge in [0.2, 0.25) is 5.75 Å². The van der Waals surface area contributed by atoms with Crippen molar-refractivity contribution in [2.24, 2.45) is 0 Å². The summed E-state index contributed by atoms with van der Waals surface area (Å²) in [6.45, 7) is 4.36. The molecule has 1 atom stereocenters. The van der Waals surface area contributed by atoms with E-state index in [0.29, 0.717) is 23.1 Å². The van der Waals surface area contributed by atoms with Crippen molar-refractivity contribution < 1.29 is 9.47 Å². The number of halogens is 3. The Labute approximate surface area is 147 Å². The predicted octanol–water partition coefficient (Wildman–Crippen LogP) is 5.61. The van der Waals surface area contributed by atoms with Crippen LogP contribution in [0, 0.1) is 0 Å². The Bertz CT molecular complexity index is 714. The van der Waals surface area contributed by atoms with Crippen molar-refractivity contribution in [1.29, 1.82) is 0 Å². The van der Waals surface area contributed by atoms with Gasteiger partial charge in [-0.25, -0.2) is 3.96 Å². The zero-order chi connectivity index (χ0) is 16.3. The molecule has 120 valence electrons. The zero-order valence-electron chi connectivity index (χ0n) is 11.9. The van der Waals surface area contributed by atoms with E-state index in [1.54, 1.807) is 5.38 Å². The van der Waals surface area contributed by atoms with E-state index in [1.165, 1.54) is 27.6 Å². The minimum absolute atomic E-state index is 0.170. The molecule has 1 aromatic carbocycles. The van der Waals surface area contributed by atoms with Crippen molar-refractivity contribution >= 4 is 46.3 Å². The summed E-state index contributed by atoms with van der Waals surface area (Å²) < 4.78 is 12.6. The lowest BCUT2D eigenvalue weighted by Gasteiger charge is -2.14. The van der Waals surface area contributed by atoms with Gasteiger partial charge >= 0.3 is 5.56 Å². The highest BCUT2D eigenvalue weighted by Gasteiger charge is 2.17. The number of benzene rings is 1. The van der Waals surface area contributed by atoms with Gasteiger partial charge in [0.15, 0.2) is 0 Å². The van der Waals surface area contributed by atoms with E-state index in [9.17, 15) is 4.79 Å². The molecular weight excluding hydrogens is 369 g/mol. The number of ether oxygens (including phenoxy) is 2. The van der Waals surface area contributed by atoms with Gasteiger partial charge in [-0.05, 0) is 19.4 Å². The minimum atomic E-state index is -0.302. The van der Waals surface area contributed by atoms with Crippen LogP contribution in [0.3, 0.4) is 0 Å². The number of nitrogens with zero attached hydrogens (tertiary/aromatic N) is 1. The minimum Gasteiger partial charge on any atom is -0.449 e. The van der Waals surface area contributed by atoms with E-state index in [-0.39, 0.29) is 28.3 Å². The first-order valence-corrected chi connectivity index (χ1v) is 8.59. The van der Waals surface area contributed by atoms with Crippen LogP contribution in [0.1, 0.15) is 26.5 Å². The fourth-order valence-corrected chi connectivity index (χ4v) is 3.29. The molecule has 0 saturated carbocycles. The molecule has 22 heavy (non-hydrogen) atoms. The maximum Gasteiger partial charge on any atom is 0.305 e. The van der Waals surface area contributed by atoms with Gasteiger partial charge in [-0.15, -0.1) is 0 Å². The van der Waals surface area contributed by atoms with Gasteiger partial charge in [0.25, 0.3) is 0 Å². The summed E-state index contributed by atoms with van der Waals surface area (Å²) in [6, 6.07) is 2.95. The molecule has 2 rings (SSSR count). The molecule has 0 amide bonds. The SMILES string of the molecule is CCOC(CC)n1scc(Oc2cc(Cl)c(Cl)cc2Cl)c1=O. The quantitative estimate of drug-likeness (QED) is 0.610. The Hall–Kier alpha value is -0.720. The summed E-state index contributed by atoms with van der Waals surface area (Å²) in [6.07, 6.45) is 0.380. The number of aromatic nitrogens is 1. The average molecular weight is 383 g/mol. The van der Waals surface area contributed by atoms with Crippen LogP contribution in [0.5, 0.6) is 11.5 Å². The molecule has 2 aromatic rings. The van der Waals surface area contributed by atoms with Gasteiger partial charge in [0.05, 0.1) is 20.4 Å². The lowest BCUT2D eigenvalue weighted by Crippen LogP contribution is -2.21. The Morgan fingerprint density at radius 2 is 1.82 bits per heavy atom. The van der Waals surface area contributed by atoms with Crippen LogP contribution in [-0.4, -0.2) is 10.6 Å². The largest absolute Gasteiger partial charge is 0.449 e. The van der Waals surface area contributed by atoms with Crippen molar-refractivity contribution in [1.82, 2.24) is 3.96 Å². The summed E-state index contributed by atoms with van der Waals surface area (Å²) >= 11 is 19.1. The molecule has 0 saturated heterocycles. The van der Waals surface area contributed by atoms with Crippen LogP contribution < -0.4 is 10.3 Å². The molecule has 0 fully saturated rings. The Kier molecular flexibility index (Phi) is 6.17. The van der Waals surface area contributed by atoms with E-state index in [0.717, 1.165) is 0 Å². The topological polar surface area (TPSA) is 40.5 Å². The van der Waals surface area contributed by atoms with E-state index < -0.39 is 0 Å². The average Bonchev–Trinajstić information content (AvgIpc) is 2.83. The third-order valence-electron chi connectivity index (χ3n) is 2.85. The number of hydrogen-bond acceptors (Lipinski definition) is 4. The maximum absolute atomic E-state index is 12.4. The van der Waals surface area contributed by atoms with E-state index >= 15 is 0 Å². The highest BCUT2D eigenvalue weighted by Crippen LogP contribution is 2.36. The first-order chi connectivity index (χ1) is 10.5. The normalized spacial score (nSPS) is 12.4. The molecule has 0 radical (unpaired) electrons. The van der Waals surface area contributed by atoms with Crippen molar-refractivity contribution in [2.45, 2.75) is 26.5 Å².